The van der Waals surface area contributed by atoms with Crippen molar-refractivity contribution in [1.29, 1.82) is 0 Å². The van der Waals surface area contributed by atoms with Gasteiger partial charge >= 0.3 is 0 Å². The van der Waals surface area contributed by atoms with Crippen molar-refractivity contribution in [2.75, 3.05) is 6.61 Å². The van der Waals surface area contributed by atoms with Gasteiger partial charge in [-0.25, -0.2) is 13.1 Å². The fraction of sp³-hybridized carbons (Fsp3) is 0.200. The summed E-state index contributed by atoms with van der Waals surface area (Å²) in [5, 5.41) is 0.619. The Morgan fingerprint density at radius 2 is 1.67 bits per heavy atom. The van der Waals surface area contributed by atoms with E-state index in [1.165, 1.54) is 12.1 Å². The summed E-state index contributed by atoms with van der Waals surface area (Å²) >= 11 is 5.79. The minimum atomic E-state index is -3.54. The van der Waals surface area contributed by atoms with E-state index in [0.717, 1.165) is 5.56 Å². The maximum absolute atomic E-state index is 12.2. The normalized spacial score (nSPS) is 11.3. The average molecular weight is 326 g/mol. The molecule has 2 aromatic rings. The van der Waals surface area contributed by atoms with Gasteiger partial charge in [0.05, 0.1) is 11.5 Å². The van der Waals surface area contributed by atoms with E-state index in [0.29, 0.717) is 17.4 Å². The third kappa shape index (κ3) is 4.46. The molecule has 112 valence electrons. The molecule has 0 aromatic heterocycles. The van der Waals surface area contributed by atoms with E-state index < -0.39 is 10.0 Å². The van der Waals surface area contributed by atoms with Crippen molar-refractivity contribution in [1.82, 2.24) is 4.72 Å². The monoisotopic (exact) mass is 325 g/mol. The highest BCUT2D eigenvalue weighted by atomic mass is 35.5. The zero-order valence-electron chi connectivity index (χ0n) is 11.5. The molecule has 0 saturated carbocycles. The van der Waals surface area contributed by atoms with Crippen LogP contribution in [0.1, 0.15) is 12.5 Å². The van der Waals surface area contributed by atoms with Gasteiger partial charge < -0.3 is 4.74 Å². The van der Waals surface area contributed by atoms with Crippen molar-refractivity contribution in [2.24, 2.45) is 0 Å². The van der Waals surface area contributed by atoms with Crippen LogP contribution < -0.4 is 9.46 Å². The molecular weight excluding hydrogens is 310 g/mol. The maximum atomic E-state index is 12.2. The van der Waals surface area contributed by atoms with Crippen molar-refractivity contribution in [3.05, 3.63) is 59.1 Å². The zero-order chi connectivity index (χ0) is 15.3. The number of benzene rings is 2. The molecule has 4 nitrogen and oxygen atoms in total. The lowest BCUT2D eigenvalue weighted by molar-refractivity contribution is 0.340. The van der Waals surface area contributed by atoms with Crippen molar-refractivity contribution < 1.29 is 13.2 Å². The van der Waals surface area contributed by atoms with Crippen molar-refractivity contribution in [3.63, 3.8) is 0 Å². The van der Waals surface area contributed by atoms with E-state index >= 15 is 0 Å². The minimum Gasteiger partial charge on any atom is -0.494 e. The highest BCUT2D eigenvalue weighted by Crippen LogP contribution is 2.16. The SMILES string of the molecule is CCOc1ccc(S(=O)(=O)NCc2ccc(Cl)cc2)cc1. The van der Waals surface area contributed by atoms with Gasteiger partial charge in [0.1, 0.15) is 5.75 Å². The first-order valence-corrected chi connectivity index (χ1v) is 8.34. The van der Waals surface area contributed by atoms with Crippen LogP contribution in [0.4, 0.5) is 0 Å². The molecule has 0 atom stereocenters. The number of nitrogens with one attached hydrogen (secondary N) is 1. The fourth-order valence-electron chi connectivity index (χ4n) is 1.75. The van der Waals surface area contributed by atoms with Crippen molar-refractivity contribution >= 4 is 21.6 Å². The first-order chi connectivity index (χ1) is 10.0. The zero-order valence-corrected chi connectivity index (χ0v) is 13.1. The van der Waals surface area contributed by atoms with Gasteiger partial charge in [-0.3, -0.25) is 0 Å². The molecule has 0 aliphatic carbocycles. The molecule has 0 bridgehead atoms. The van der Waals surface area contributed by atoms with Crippen LogP contribution in [0.25, 0.3) is 0 Å². The lowest BCUT2D eigenvalue weighted by Crippen LogP contribution is -2.23. The molecule has 0 aliphatic rings. The summed E-state index contributed by atoms with van der Waals surface area (Å²) in [6.45, 7) is 2.63. The van der Waals surface area contributed by atoms with E-state index in [9.17, 15) is 8.42 Å². The highest BCUT2D eigenvalue weighted by Gasteiger charge is 2.13. The highest BCUT2D eigenvalue weighted by molar-refractivity contribution is 7.89. The first kappa shape index (κ1) is 15.8. The van der Waals surface area contributed by atoms with Gasteiger partial charge in [-0.15, -0.1) is 0 Å². The third-order valence-corrected chi connectivity index (χ3v) is 4.49. The quantitative estimate of drug-likeness (QED) is 0.887. The number of halogens is 1. The molecule has 0 heterocycles. The van der Waals surface area contributed by atoms with E-state index in [2.05, 4.69) is 4.72 Å². The molecule has 0 amide bonds. The van der Waals surface area contributed by atoms with E-state index in [1.807, 2.05) is 6.92 Å². The molecule has 0 unspecified atom stereocenters. The molecule has 2 aromatic carbocycles. The number of rotatable bonds is 6. The number of hydrogen-bond acceptors (Lipinski definition) is 3. The summed E-state index contributed by atoms with van der Waals surface area (Å²) in [5.74, 6) is 0.647. The largest absolute Gasteiger partial charge is 0.494 e. The predicted molar refractivity (Wildman–Crippen MR) is 83.1 cm³/mol. The van der Waals surface area contributed by atoms with Gasteiger partial charge in [0.2, 0.25) is 10.0 Å². The Morgan fingerprint density at radius 3 is 2.24 bits per heavy atom. The molecule has 21 heavy (non-hydrogen) atoms. The van der Waals surface area contributed by atoms with Crippen LogP contribution in [-0.4, -0.2) is 15.0 Å². The summed E-state index contributed by atoms with van der Waals surface area (Å²) in [6.07, 6.45) is 0. The summed E-state index contributed by atoms with van der Waals surface area (Å²) in [5.41, 5.74) is 0.842. The van der Waals surface area contributed by atoms with Crippen molar-refractivity contribution in [2.45, 2.75) is 18.4 Å². The minimum absolute atomic E-state index is 0.208. The van der Waals surface area contributed by atoms with Gasteiger partial charge in [0, 0.05) is 11.6 Å². The maximum Gasteiger partial charge on any atom is 0.240 e. The second-order valence-electron chi connectivity index (χ2n) is 4.36. The summed E-state index contributed by atoms with van der Waals surface area (Å²) in [4.78, 5) is 0.208. The van der Waals surface area contributed by atoms with E-state index in [1.54, 1.807) is 36.4 Å². The Labute approximate surface area is 129 Å². The van der Waals surface area contributed by atoms with Crippen LogP contribution in [0.3, 0.4) is 0 Å². The summed E-state index contributed by atoms with van der Waals surface area (Å²) < 4.78 is 32.2. The van der Waals surface area contributed by atoms with Crippen LogP contribution in [0.2, 0.25) is 5.02 Å². The molecule has 6 heteroatoms. The Balaban J connectivity index is 2.05. The second-order valence-corrected chi connectivity index (χ2v) is 6.56. The van der Waals surface area contributed by atoms with Gasteiger partial charge in [0.15, 0.2) is 0 Å². The van der Waals surface area contributed by atoms with Gasteiger partial charge in [-0.1, -0.05) is 23.7 Å². The molecule has 0 fully saturated rings. The van der Waals surface area contributed by atoms with Crippen molar-refractivity contribution in [3.8, 4) is 5.75 Å². The van der Waals surface area contributed by atoms with Crippen LogP contribution in [-0.2, 0) is 16.6 Å². The van der Waals surface area contributed by atoms with Crippen LogP contribution in [0, 0.1) is 0 Å². The predicted octanol–water partition coefficient (Wildman–Crippen LogP) is 3.22. The summed E-state index contributed by atoms with van der Waals surface area (Å²) in [7, 11) is -3.54. The number of sulfonamides is 1. The van der Waals surface area contributed by atoms with E-state index in [4.69, 9.17) is 16.3 Å². The number of ether oxygens (including phenoxy) is 1. The van der Waals surface area contributed by atoms with Crippen LogP contribution in [0.5, 0.6) is 5.75 Å². The molecule has 0 saturated heterocycles. The average Bonchev–Trinajstić information content (AvgIpc) is 2.48. The first-order valence-electron chi connectivity index (χ1n) is 6.48. The fourth-order valence-corrected chi connectivity index (χ4v) is 2.89. The van der Waals surface area contributed by atoms with E-state index in [-0.39, 0.29) is 11.4 Å². The van der Waals surface area contributed by atoms with Gasteiger partial charge in [0.25, 0.3) is 0 Å². The van der Waals surface area contributed by atoms with Gasteiger partial charge in [-0.2, -0.15) is 0 Å². The molecule has 0 spiro atoms. The Bertz CT molecular complexity index is 682. The lowest BCUT2D eigenvalue weighted by atomic mass is 10.2. The molecule has 1 N–H and O–H groups in total. The molecule has 0 radical (unpaired) electrons. The Morgan fingerprint density at radius 1 is 1.05 bits per heavy atom. The standard InChI is InChI=1S/C15H16ClNO3S/c1-2-20-14-7-9-15(10-8-14)21(18,19)17-11-12-3-5-13(16)6-4-12/h3-10,17H,2,11H2,1H3. The topological polar surface area (TPSA) is 55.4 Å². The third-order valence-electron chi connectivity index (χ3n) is 2.82. The van der Waals surface area contributed by atoms with Gasteiger partial charge in [-0.05, 0) is 48.9 Å². The molecule has 0 aliphatic heterocycles. The van der Waals surface area contributed by atoms with Crippen LogP contribution >= 0.6 is 11.6 Å². The molecular formula is C15H16ClNO3S. The Hall–Kier alpha value is -1.56. The number of hydrogen-bond donors (Lipinski definition) is 1. The summed E-state index contributed by atoms with van der Waals surface area (Å²) in [6, 6.07) is 13.3. The Kier molecular flexibility index (Phi) is 5.22. The van der Waals surface area contributed by atoms with Crippen LogP contribution in [0.15, 0.2) is 53.4 Å². The second kappa shape index (κ2) is 6.93. The smallest absolute Gasteiger partial charge is 0.240 e. The lowest BCUT2D eigenvalue weighted by Gasteiger charge is -2.08. The molecule has 2 rings (SSSR count).